The molecule has 0 saturated carbocycles. The van der Waals surface area contributed by atoms with Crippen LogP contribution >= 0.6 is 0 Å². The average Bonchev–Trinajstić information content (AvgIpc) is 2.47. The van der Waals surface area contributed by atoms with Crippen LogP contribution in [-0.2, 0) is 6.42 Å². The summed E-state index contributed by atoms with van der Waals surface area (Å²) in [6, 6.07) is 8.24. The van der Waals surface area contributed by atoms with Crippen molar-refractivity contribution < 1.29 is 0 Å². The predicted octanol–water partition coefficient (Wildman–Crippen LogP) is 2.68. The van der Waals surface area contributed by atoms with E-state index in [9.17, 15) is 0 Å². The molecule has 0 spiro atoms. The topological polar surface area (TPSA) is 66.0 Å². The van der Waals surface area contributed by atoms with Crippen molar-refractivity contribution in [2.75, 3.05) is 36.2 Å². The van der Waals surface area contributed by atoms with E-state index in [0.29, 0.717) is 17.8 Å². The molecule has 0 atom stereocenters. The van der Waals surface area contributed by atoms with Crippen molar-refractivity contribution in [2.24, 2.45) is 0 Å². The molecule has 0 saturated heterocycles. The fraction of sp³-hybridized carbons (Fsp3) is 0.400. The number of rotatable bonds is 6. The molecule has 1 aromatic heterocycles. The van der Waals surface area contributed by atoms with Gasteiger partial charge in [-0.2, -0.15) is 15.0 Å². The van der Waals surface area contributed by atoms with Gasteiger partial charge in [0.05, 0.1) is 0 Å². The van der Waals surface area contributed by atoms with Crippen LogP contribution in [0.25, 0.3) is 0 Å². The molecule has 1 heterocycles. The molecule has 6 nitrogen and oxygen atoms in total. The average molecular weight is 286 g/mol. The third-order valence-electron chi connectivity index (χ3n) is 2.95. The summed E-state index contributed by atoms with van der Waals surface area (Å²) in [6.07, 6.45) is 0.998. The number of nitrogens with zero attached hydrogens (tertiary/aromatic N) is 4. The van der Waals surface area contributed by atoms with Gasteiger partial charge in [0.1, 0.15) is 0 Å². The van der Waals surface area contributed by atoms with Crippen molar-refractivity contribution >= 4 is 23.5 Å². The number of anilines is 4. The highest BCUT2D eigenvalue weighted by atomic mass is 15.3. The van der Waals surface area contributed by atoms with E-state index in [1.165, 1.54) is 5.56 Å². The number of hydrogen-bond donors (Lipinski definition) is 2. The highest BCUT2D eigenvalue weighted by molar-refractivity contribution is 5.56. The fourth-order valence-electron chi connectivity index (χ4n) is 1.86. The zero-order valence-corrected chi connectivity index (χ0v) is 13.0. The number of hydrogen-bond acceptors (Lipinski definition) is 6. The number of aromatic nitrogens is 3. The second kappa shape index (κ2) is 6.88. The van der Waals surface area contributed by atoms with Crippen LogP contribution in [0, 0.1) is 0 Å². The molecule has 2 aromatic rings. The first-order valence-electron chi connectivity index (χ1n) is 7.15. The van der Waals surface area contributed by atoms with Gasteiger partial charge in [-0.3, -0.25) is 0 Å². The number of nitrogens with one attached hydrogen (secondary N) is 2. The van der Waals surface area contributed by atoms with E-state index >= 15 is 0 Å². The van der Waals surface area contributed by atoms with Crippen molar-refractivity contribution in [1.29, 1.82) is 0 Å². The van der Waals surface area contributed by atoms with Gasteiger partial charge in [0, 0.05) is 26.3 Å². The summed E-state index contributed by atoms with van der Waals surface area (Å²) in [4.78, 5) is 15.0. The summed E-state index contributed by atoms with van der Waals surface area (Å²) in [7, 11) is 3.82. The van der Waals surface area contributed by atoms with Crippen molar-refractivity contribution in [1.82, 2.24) is 15.0 Å². The van der Waals surface area contributed by atoms with Gasteiger partial charge in [-0.05, 0) is 31.0 Å². The summed E-state index contributed by atoms with van der Waals surface area (Å²) in [5.74, 6) is 1.73. The van der Waals surface area contributed by atoms with Crippen LogP contribution in [0.2, 0.25) is 0 Å². The van der Waals surface area contributed by atoms with Gasteiger partial charge in [-0.15, -0.1) is 0 Å². The molecule has 112 valence electrons. The lowest BCUT2D eigenvalue weighted by atomic mass is 10.1. The zero-order valence-electron chi connectivity index (χ0n) is 13.0. The van der Waals surface area contributed by atoms with Crippen LogP contribution in [0.15, 0.2) is 24.3 Å². The van der Waals surface area contributed by atoms with E-state index < -0.39 is 0 Å². The van der Waals surface area contributed by atoms with E-state index in [4.69, 9.17) is 0 Å². The number of benzene rings is 1. The highest BCUT2D eigenvalue weighted by Crippen LogP contribution is 2.18. The summed E-state index contributed by atoms with van der Waals surface area (Å²) in [5.41, 5.74) is 2.25. The van der Waals surface area contributed by atoms with Gasteiger partial charge < -0.3 is 15.5 Å². The molecule has 0 bridgehead atoms. The Labute approximate surface area is 125 Å². The van der Waals surface area contributed by atoms with Crippen molar-refractivity contribution in [3.05, 3.63) is 29.8 Å². The largest absolute Gasteiger partial charge is 0.354 e. The molecule has 0 unspecified atom stereocenters. The van der Waals surface area contributed by atoms with Gasteiger partial charge in [0.2, 0.25) is 17.8 Å². The second-order valence-corrected chi connectivity index (χ2v) is 4.89. The van der Waals surface area contributed by atoms with Gasteiger partial charge >= 0.3 is 0 Å². The standard InChI is InChI=1S/C15H22N6/c1-5-11-8-7-9-12(10-11)17-14-18-13(16-6-2)19-15(20-14)21(3)4/h7-10H,5-6H2,1-4H3,(H2,16,17,18,19,20). The molecule has 0 amide bonds. The normalized spacial score (nSPS) is 10.3. The van der Waals surface area contributed by atoms with Gasteiger partial charge in [-0.25, -0.2) is 0 Å². The first-order valence-corrected chi connectivity index (χ1v) is 7.15. The lowest BCUT2D eigenvalue weighted by Crippen LogP contribution is -2.16. The van der Waals surface area contributed by atoms with Crippen LogP contribution in [-0.4, -0.2) is 35.6 Å². The summed E-state index contributed by atoms with van der Waals surface area (Å²) >= 11 is 0. The Morgan fingerprint density at radius 3 is 2.48 bits per heavy atom. The van der Waals surface area contributed by atoms with Crippen LogP contribution in [0.1, 0.15) is 19.4 Å². The molecule has 0 radical (unpaired) electrons. The molecule has 2 N–H and O–H groups in total. The molecule has 0 aliphatic heterocycles. The maximum atomic E-state index is 4.42. The molecule has 0 aliphatic carbocycles. The lowest BCUT2D eigenvalue weighted by Gasteiger charge is -2.14. The quantitative estimate of drug-likeness (QED) is 0.851. The van der Waals surface area contributed by atoms with Crippen LogP contribution < -0.4 is 15.5 Å². The minimum Gasteiger partial charge on any atom is -0.354 e. The first-order chi connectivity index (χ1) is 10.1. The molecule has 0 aliphatic rings. The number of aryl methyl sites for hydroxylation is 1. The minimum absolute atomic E-state index is 0.540. The van der Waals surface area contributed by atoms with Crippen molar-refractivity contribution in [3.8, 4) is 0 Å². The second-order valence-electron chi connectivity index (χ2n) is 4.89. The monoisotopic (exact) mass is 286 g/mol. The van der Waals surface area contributed by atoms with E-state index in [2.05, 4.69) is 44.6 Å². The lowest BCUT2D eigenvalue weighted by molar-refractivity contribution is 0.953. The summed E-state index contributed by atoms with van der Waals surface area (Å²) in [5, 5.41) is 6.37. The van der Waals surface area contributed by atoms with E-state index in [0.717, 1.165) is 18.7 Å². The molecule has 6 heteroatoms. The van der Waals surface area contributed by atoms with E-state index in [1.54, 1.807) is 0 Å². The third kappa shape index (κ3) is 4.05. The van der Waals surface area contributed by atoms with Crippen LogP contribution in [0.5, 0.6) is 0 Å². The Morgan fingerprint density at radius 1 is 1.05 bits per heavy atom. The first kappa shape index (κ1) is 15.0. The van der Waals surface area contributed by atoms with Crippen molar-refractivity contribution in [2.45, 2.75) is 20.3 Å². The van der Waals surface area contributed by atoms with Gasteiger partial charge in [0.25, 0.3) is 0 Å². The maximum absolute atomic E-state index is 4.42. The molecule has 21 heavy (non-hydrogen) atoms. The molecule has 1 aromatic carbocycles. The summed E-state index contributed by atoms with van der Waals surface area (Å²) < 4.78 is 0. The highest BCUT2D eigenvalue weighted by Gasteiger charge is 2.08. The summed E-state index contributed by atoms with van der Waals surface area (Å²) in [6.45, 7) is 4.91. The molecule has 2 rings (SSSR count). The smallest absolute Gasteiger partial charge is 0.233 e. The van der Waals surface area contributed by atoms with Crippen LogP contribution in [0.3, 0.4) is 0 Å². The van der Waals surface area contributed by atoms with E-state index in [1.807, 2.05) is 38.1 Å². The Balaban J connectivity index is 2.29. The predicted molar refractivity (Wildman–Crippen MR) is 87.4 cm³/mol. The SMILES string of the molecule is CCNc1nc(Nc2cccc(CC)c2)nc(N(C)C)n1. The molecule has 0 fully saturated rings. The van der Waals surface area contributed by atoms with Crippen LogP contribution in [0.4, 0.5) is 23.5 Å². The van der Waals surface area contributed by atoms with Gasteiger partial charge in [-0.1, -0.05) is 19.1 Å². The van der Waals surface area contributed by atoms with E-state index in [-0.39, 0.29) is 0 Å². The Bertz CT molecular complexity index is 596. The fourth-order valence-corrected chi connectivity index (χ4v) is 1.86. The zero-order chi connectivity index (χ0) is 15.2. The third-order valence-corrected chi connectivity index (χ3v) is 2.95. The maximum Gasteiger partial charge on any atom is 0.233 e. The minimum atomic E-state index is 0.540. The van der Waals surface area contributed by atoms with Crippen molar-refractivity contribution in [3.63, 3.8) is 0 Å². The Kier molecular flexibility index (Phi) is 4.92. The van der Waals surface area contributed by atoms with Gasteiger partial charge in [0.15, 0.2) is 0 Å². The molecular formula is C15H22N6. The Morgan fingerprint density at radius 2 is 1.81 bits per heavy atom. The molecular weight excluding hydrogens is 264 g/mol. The Hall–Kier alpha value is -2.37.